The van der Waals surface area contributed by atoms with Gasteiger partial charge in [0.1, 0.15) is 5.60 Å². The van der Waals surface area contributed by atoms with Gasteiger partial charge in [-0.25, -0.2) is 4.79 Å². The smallest absolute Gasteiger partial charge is 0.407 e. The maximum absolute atomic E-state index is 11.5. The van der Waals surface area contributed by atoms with Crippen LogP contribution in [-0.2, 0) is 14.3 Å². The van der Waals surface area contributed by atoms with E-state index in [4.69, 9.17) is 4.74 Å². The van der Waals surface area contributed by atoms with Gasteiger partial charge in [-0.2, -0.15) is 0 Å². The molecule has 6 heteroatoms. The second-order valence-electron chi connectivity index (χ2n) is 4.61. The van der Waals surface area contributed by atoms with E-state index in [1.165, 1.54) is 7.11 Å². The summed E-state index contributed by atoms with van der Waals surface area (Å²) in [5.41, 5.74) is -0.512. The van der Waals surface area contributed by atoms with Gasteiger partial charge >= 0.3 is 12.1 Å². The minimum absolute atomic E-state index is 0.0791. The fourth-order valence-corrected chi connectivity index (χ4v) is 1.72. The van der Waals surface area contributed by atoms with E-state index in [-0.39, 0.29) is 12.0 Å². The molecule has 0 fully saturated rings. The molecular formula is C11H20INO4. The number of amides is 1. The number of hydrogen-bond donors (Lipinski definition) is 1. The molecule has 0 rings (SSSR count). The molecule has 17 heavy (non-hydrogen) atoms. The van der Waals surface area contributed by atoms with Crippen molar-refractivity contribution in [2.45, 2.75) is 45.3 Å². The van der Waals surface area contributed by atoms with Crippen LogP contribution in [0.5, 0.6) is 0 Å². The second kappa shape index (κ2) is 7.73. The molecule has 0 saturated carbocycles. The predicted octanol–water partition coefficient (Wildman–Crippen LogP) is 2.27. The molecule has 0 unspecified atom stereocenters. The highest BCUT2D eigenvalue weighted by Crippen LogP contribution is 2.08. The van der Waals surface area contributed by atoms with Crippen molar-refractivity contribution >= 4 is 34.7 Å². The Balaban J connectivity index is 4.04. The molecule has 0 aliphatic carbocycles. The SMILES string of the molecule is COC(=O)CC[C@@H](CI)NC(=O)OC(C)(C)C. The van der Waals surface area contributed by atoms with Crippen LogP contribution in [0, 0.1) is 0 Å². The maximum Gasteiger partial charge on any atom is 0.407 e. The number of carbonyl (C=O) groups is 2. The highest BCUT2D eigenvalue weighted by Gasteiger charge is 2.19. The van der Waals surface area contributed by atoms with E-state index in [1.807, 2.05) is 0 Å². The van der Waals surface area contributed by atoms with Crippen LogP contribution < -0.4 is 5.32 Å². The molecule has 0 aromatic carbocycles. The lowest BCUT2D eigenvalue weighted by Crippen LogP contribution is -2.40. The molecule has 1 amide bonds. The average molecular weight is 357 g/mol. The van der Waals surface area contributed by atoms with Crippen molar-refractivity contribution in [2.24, 2.45) is 0 Å². The fourth-order valence-electron chi connectivity index (χ4n) is 1.06. The quantitative estimate of drug-likeness (QED) is 0.466. The molecular weight excluding hydrogens is 337 g/mol. The molecule has 100 valence electrons. The third-order valence-corrected chi connectivity index (χ3v) is 2.89. The lowest BCUT2D eigenvalue weighted by molar-refractivity contribution is -0.140. The molecule has 0 radical (unpaired) electrons. The Morgan fingerprint density at radius 2 is 1.94 bits per heavy atom. The van der Waals surface area contributed by atoms with Crippen molar-refractivity contribution in [3.05, 3.63) is 0 Å². The van der Waals surface area contributed by atoms with Gasteiger partial charge in [-0.05, 0) is 27.2 Å². The van der Waals surface area contributed by atoms with E-state index in [9.17, 15) is 9.59 Å². The lowest BCUT2D eigenvalue weighted by atomic mass is 10.2. The third-order valence-electron chi connectivity index (χ3n) is 1.83. The van der Waals surface area contributed by atoms with Crippen molar-refractivity contribution in [2.75, 3.05) is 11.5 Å². The zero-order valence-corrected chi connectivity index (χ0v) is 12.9. The maximum atomic E-state index is 11.5. The normalized spacial score (nSPS) is 12.8. The van der Waals surface area contributed by atoms with E-state index in [0.29, 0.717) is 17.3 Å². The van der Waals surface area contributed by atoms with Crippen molar-refractivity contribution in [1.29, 1.82) is 0 Å². The Labute approximate surface area is 116 Å². The largest absolute Gasteiger partial charge is 0.469 e. The minimum Gasteiger partial charge on any atom is -0.469 e. The number of methoxy groups -OCH3 is 1. The first kappa shape index (κ1) is 16.5. The summed E-state index contributed by atoms with van der Waals surface area (Å²) in [6, 6.07) is -0.0791. The molecule has 0 bridgehead atoms. The highest BCUT2D eigenvalue weighted by atomic mass is 127. The first-order chi connectivity index (χ1) is 7.78. The van der Waals surface area contributed by atoms with Crippen LogP contribution in [0.15, 0.2) is 0 Å². The van der Waals surface area contributed by atoms with E-state index >= 15 is 0 Å². The molecule has 0 heterocycles. The number of alkyl carbamates (subject to hydrolysis) is 1. The molecule has 1 atom stereocenters. The summed E-state index contributed by atoms with van der Waals surface area (Å²) in [4.78, 5) is 22.5. The predicted molar refractivity (Wildman–Crippen MR) is 73.3 cm³/mol. The number of ether oxygens (including phenoxy) is 2. The van der Waals surface area contributed by atoms with Gasteiger partial charge in [0.25, 0.3) is 0 Å². The van der Waals surface area contributed by atoms with Crippen LogP contribution in [0.1, 0.15) is 33.6 Å². The van der Waals surface area contributed by atoms with Gasteiger partial charge in [-0.3, -0.25) is 4.79 Å². The van der Waals surface area contributed by atoms with Gasteiger partial charge in [0.15, 0.2) is 0 Å². The Morgan fingerprint density at radius 3 is 2.35 bits per heavy atom. The van der Waals surface area contributed by atoms with Crippen LogP contribution in [0.3, 0.4) is 0 Å². The van der Waals surface area contributed by atoms with Crippen LogP contribution >= 0.6 is 22.6 Å². The summed E-state index contributed by atoms with van der Waals surface area (Å²) in [7, 11) is 1.35. The number of esters is 1. The second-order valence-corrected chi connectivity index (χ2v) is 5.49. The molecule has 0 spiro atoms. The number of hydrogen-bond acceptors (Lipinski definition) is 4. The monoisotopic (exact) mass is 357 g/mol. The topological polar surface area (TPSA) is 64.6 Å². The Kier molecular flexibility index (Phi) is 7.49. The first-order valence-electron chi connectivity index (χ1n) is 5.40. The van der Waals surface area contributed by atoms with Crippen molar-refractivity contribution in [3.63, 3.8) is 0 Å². The molecule has 0 aliphatic heterocycles. The third kappa shape index (κ3) is 9.20. The Morgan fingerprint density at radius 1 is 1.35 bits per heavy atom. The molecule has 0 aliphatic rings. The van der Waals surface area contributed by atoms with Crippen LogP contribution in [0.25, 0.3) is 0 Å². The summed E-state index contributed by atoms with van der Waals surface area (Å²) in [5, 5.41) is 2.73. The molecule has 0 aromatic heterocycles. The number of carbonyl (C=O) groups excluding carboxylic acids is 2. The van der Waals surface area contributed by atoms with Gasteiger partial charge in [0.2, 0.25) is 0 Å². The van der Waals surface area contributed by atoms with Crippen LogP contribution in [-0.4, -0.2) is 35.2 Å². The summed E-state index contributed by atoms with van der Waals surface area (Å²) < 4.78 is 10.4. The van der Waals surface area contributed by atoms with Crippen molar-refractivity contribution in [3.8, 4) is 0 Å². The zero-order valence-electron chi connectivity index (χ0n) is 10.7. The minimum atomic E-state index is -0.512. The summed E-state index contributed by atoms with van der Waals surface area (Å²) in [5.74, 6) is -0.272. The number of alkyl halides is 1. The molecule has 0 aromatic rings. The van der Waals surface area contributed by atoms with E-state index < -0.39 is 11.7 Å². The van der Waals surface area contributed by atoms with E-state index in [0.717, 1.165) is 0 Å². The molecule has 1 N–H and O–H groups in total. The van der Waals surface area contributed by atoms with Gasteiger partial charge in [0.05, 0.1) is 7.11 Å². The van der Waals surface area contributed by atoms with Gasteiger partial charge < -0.3 is 14.8 Å². The fraction of sp³-hybridized carbons (Fsp3) is 0.818. The van der Waals surface area contributed by atoms with Crippen molar-refractivity contribution in [1.82, 2.24) is 5.32 Å². The highest BCUT2D eigenvalue weighted by molar-refractivity contribution is 14.1. The van der Waals surface area contributed by atoms with Crippen LogP contribution in [0.2, 0.25) is 0 Å². The standard InChI is InChI=1S/C11H20INO4/c1-11(2,3)17-10(15)13-8(7-12)5-6-9(14)16-4/h8H,5-7H2,1-4H3,(H,13,15)/t8-/m0/s1. The van der Waals surface area contributed by atoms with Gasteiger partial charge in [-0.15, -0.1) is 0 Å². The van der Waals surface area contributed by atoms with E-state index in [1.54, 1.807) is 20.8 Å². The van der Waals surface area contributed by atoms with Crippen molar-refractivity contribution < 1.29 is 19.1 Å². The first-order valence-corrected chi connectivity index (χ1v) is 6.93. The number of nitrogens with one attached hydrogen (secondary N) is 1. The number of rotatable bonds is 5. The van der Waals surface area contributed by atoms with Gasteiger partial charge in [0, 0.05) is 16.9 Å². The van der Waals surface area contributed by atoms with Gasteiger partial charge in [-0.1, -0.05) is 22.6 Å². The number of halogens is 1. The summed E-state index contributed by atoms with van der Waals surface area (Å²) in [6.07, 6.45) is 0.387. The van der Waals surface area contributed by atoms with Crippen LogP contribution in [0.4, 0.5) is 4.79 Å². The van der Waals surface area contributed by atoms with E-state index in [2.05, 4.69) is 32.6 Å². The summed E-state index contributed by atoms with van der Waals surface area (Å²) in [6.45, 7) is 5.42. The summed E-state index contributed by atoms with van der Waals surface area (Å²) >= 11 is 2.16. The lowest BCUT2D eigenvalue weighted by Gasteiger charge is -2.22. The Hall–Kier alpha value is -0.530. The zero-order chi connectivity index (χ0) is 13.5. The molecule has 5 nitrogen and oxygen atoms in total. The molecule has 0 saturated heterocycles. The average Bonchev–Trinajstić information content (AvgIpc) is 2.20. The Bertz CT molecular complexity index is 263.